The van der Waals surface area contributed by atoms with Crippen LogP contribution in [0.4, 0.5) is 5.69 Å². The van der Waals surface area contributed by atoms with Crippen molar-refractivity contribution in [3.8, 4) is 0 Å². The lowest BCUT2D eigenvalue weighted by molar-refractivity contribution is 0.0980. The summed E-state index contributed by atoms with van der Waals surface area (Å²) >= 11 is 0. The first-order chi connectivity index (χ1) is 11.3. The highest BCUT2D eigenvalue weighted by Crippen LogP contribution is 2.31. The number of hydrogen-bond donors (Lipinski definition) is 1. The first-order valence-corrected chi connectivity index (χ1v) is 8.47. The van der Waals surface area contributed by atoms with E-state index >= 15 is 0 Å². The van der Waals surface area contributed by atoms with E-state index < -0.39 is 0 Å². The standard InChI is InChI=1S/C21H25NO2/c1-14-6-5-7-19(18(14)13-23)22-11-10-15-12-16(21(2,3)4)8-9-17(15)20(22)24/h5-9,12,23H,10-11,13H2,1-4H3. The quantitative estimate of drug-likeness (QED) is 0.908. The molecule has 3 nitrogen and oxygen atoms in total. The molecule has 1 N–H and O–H groups in total. The van der Waals surface area contributed by atoms with Crippen LogP contribution in [0.5, 0.6) is 0 Å². The lowest BCUT2D eigenvalue weighted by Crippen LogP contribution is -2.38. The van der Waals surface area contributed by atoms with Gasteiger partial charge in [-0.15, -0.1) is 0 Å². The molecular weight excluding hydrogens is 298 g/mol. The molecule has 1 amide bonds. The molecule has 1 heterocycles. The average Bonchev–Trinajstić information content (AvgIpc) is 2.54. The molecule has 0 spiro atoms. The number of aliphatic hydroxyl groups excluding tert-OH is 1. The average molecular weight is 323 g/mol. The van der Waals surface area contributed by atoms with Crippen LogP contribution in [0.25, 0.3) is 0 Å². The zero-order valence-corrected chi connectivity index (χ0v) is 14.9. The molecule has 126 valence electrons. The summed E-state index contributed by atoms with van der Waals surface area (Å²) in [5, 5.41) is 9.70. The number of rotatable bonds is 2. The van der Waals surface area contributed by atoms with E-state index in [1.165, 1.54) is 5.56 Å². The Morgan fingerprint density at radius 1 is 1.17 bits per heavy atom. The van der Waals surface area contributed by atoms with Crippen LogP contribution in [0.2, 0.25) is 0 Å². The van der Waals surface area contributed by atoms with Gasteiger partial charge in [0, 0.05) is 23.4 Å². The van der Waals surface area contributed by atoms with Gasteiger partial charge in [-0.3, -0.25) is 4.79 Å². The largest absolute Gasteiger partial charge is 0.392 e. The Balaban J connectivity index is 2.01. The van der Waals surface area contributed by atoms with Gasteiger partial charge in [-0.05, 0) is 47.6 Å². The zero-order valence-electron chi connectivity index (χ0n) is 14.9. The minimum absolute atomic E-state index is 0.0250. The highest BCUT2D eigenvalue weighted by molar-refractivity contribution is 6.08. The maximum atomic E-state index is 13.0. The zero-order chi connectivity index (χ0) is 17.5. The maximum absolute atomic E-state index is 13.0. The Kier molecular flexibility index (Phi) is 4.22. The van der Waals surface area contributed by atoms with Crippen LogP contribution < -0.4 is 4.90 Å². The molecule has 3 rings (SSSR count). The van der Waals surface area contributed by atoms with Crippen LogP contribution >= 0.6 is 0 Å². The molecule has 24 heavy (non-hydrogen) atoms. The Morgan fingerprint density at radius 3 is 2.58 bits per heavy atom. The summed E-state index contributed by atoms with van der Waals surface area (Å²) in [7, 11) is 0. The van der Waals surface area contributed by atoms with Gasteiger partial charge in [0.15, 0.2) is 0 Å². The topological polar surface area (TPSA) is 40.5 Å². The molecule has 1 aliphatic rings. The van der Waals surface area contributed by atoms with E-state index in [1.807, 2.05) is 31.2 Å². The summed E-state index contributed by atoms with van der Waals surface area (Å²) in [6, 6.07) is 12.0. The molecule has 2 aromatic carbocycles. The molecule has 2 aromatic rings. The van der Waals surface area contributed by atoms with Crippen molar-refractivity contribution in [1.29, 1.82) is 0 Å². The minimum atomic E-state index is -0.0540. The van der Waals surface area contributed by atoms with Crippen molar-refractivity contribution in [2.45, 2.75) is 46.1 Å². The second-order valence-electron chi connectivity index (χ2n) is 7.56. The predicted molar refractivity (Wildman–Crippen MR) is 97.6 cm³/mol. The van der Waals surface area contributed by atoms with Crippen molar-refractivity contribution in [1.82, 2.24) is 0 Å². The van der Waals surface area contributed by atoms with Crippen LogP contribution in [0.3, 0.4) is 0 Å². The number of carbonyl (C=O) groups is 1. The van der Waals surface area contributed by atoms with E-state index in [-0.39, 0.29) is 17.9 Å². The van der Waals surface area contributed by atoms with Gasteiger partial charge in [0.2, 0.25) is 0 Å². The fourth-order valence-electron chi connectivity index (χ4n) is 3.33. The first kappa shape index (κ1) is 16.7. The Hall–Kier alpha value is -2.13. The number of nitrogens with zero attached hydrogens (tertiary/aromatic N) is 1. The molecule has 0 fully saturated rings. The first-order valence-electron chi connectivity index (χ1n) is 8.47. The third-order valence-corrected chi connectivity index (χ3v) is 4.89. The summed E-state index contributed by atoms with van der Waals surface area (Å²) in [6.45, 7) is 9.12. The van der Waals surface area contributed by atoms with Gasteiger partial charge in [-0.2, -0.15) is 0 Å². The van der Waals surface area contributed by atoms with E-state index in [1.54, 1.807) is 4.90 Å². The minimum Gasteiger partial charge on any atom is -0.392 e. The third-order valence-electron chi connectivity index (χ3n) is 4.89. The van der Waals surface area contributed by atoms with Crippen molar-refractivity contribution in [2.75, 3.05) is 11.4 Å². The molecule has 0 bridgehead atoms. The monoisotopic (exact) mass is 323 g/mol. The summed E-state index contributed by atoms with van der Waals surface area (Å²) in [5.41, 5.74) is 5.91. The molecule has 0 radical (unpaired) electrons. The molecule has 0 unspecified atom stereocenters. The fraction of sp³-hybridized carbons (Fsp3) is 0.381. The highest BCUT2D eigenvalue weighted by atomic mass is 16.3. The lowest BCUT2D eigenvalue weighted by Gasteiger charge is -2.31. The Labute approximate surface area is 143 Å². The van der Waals surface area contributed by atoms with Gasteiger partial charge in [-0.25, -0.2) is 0 Å². The van der Waals surface area contributed by atoms with Crippen LogP contribution in [-0.4, -0.2) is 17.6 Å². The lowest BCUT2D eigenvalue weighted by atomic mass is 9.84. The number of amides is 1. The van der Waals surface area contributed by atoms with Gasteiger partial charge in [0.05, 0.1) is 6.61 Å². The maximum Gasteiger partial charge on any atom is 0.258 e. The molecule has 0 atom stereocenters. The van der Waals surface area contributed by atoms with Gasteiger partial charge < -0.3 is 10.0 Å². The van der Waals surface area contributed by atoms with Crippen LogP contribution in [0.1, 0.15) is 53.4 Å². The van der Waals surface area contributed by atoms with E-state index in [2.05, 4.69) is 32.9 Å². The van der Waals surface area contributed by atoms with Crippen LogP contribution in [0.15, 0.2) is 36.4 Å². The third kappa shape index (κ3) is 2.84. The molecule has 0 aromatic heterocycles. The normalized spacial score (nSPS) is 14.7. The second kappa shape index (κ2) is 6.06. The van der Waals surface area contributed by atoms with E-state index in [0.29, 0.717) is 6.54 Å². The van der Waals surface area contributed by atoms with Crippen molar-refractivity contribution < 1.29 is 9.90 Å². The van der Waals surface area contributed by atoms with E-state index in [4.69, 9.17) is 0 Å². The van der Waals surface area contributed by atoms with Crippen molar-refractivity contribution in [3.63, 3.8) is 0 Å². The molecular formula is C21H25NO2. The molecule has 0 saturated heterocycles. The van der Waals surface area contributed by atoms with Crippen LogP contribution in [0, 0.1) is 6.92 Å². The molecule has 0 aliphatic carbocycles. The van der Waals surface area contributed by atoms with Crippen LogP contribution in [-0.2, 0) is 18.4 Å². The van der Waals surface area contributed by atoms with Gasteiger partial charge >= 0.3 is 0 Å². The summed E-state index contributed by atoms with van der Waals surface area (Å²) in [5.74, 6) is 0.0250. The van der Waals surface area contributed by atoms with Crippen molar-refractivity contribution >= 4 is 11.6 Å². The number of aliphatic hydroxyl groups is 1. The predicted octanol–water partition coefficient (Wildman–Crippen LogP) is 3.99. The van der Waals surface area contributed by atoms with Crippen molar-refractivity contribution in [2.24, 2.45) is 0 Å². The Bertz CT molecular complexity index is 787. The van der Waals surface area contributed by atoms with E-state index in [9.17, 15) is 9.90 Å². The summed E-state index contributed by atoms with van der Waals surface area (Å²) < 4.78 is 0. The summed E-state index contributed by atoms with van der Waals surface area (Å²) in [6.07, 6.45) is 0.837. The highest BCUT2D eigenvalue weighted by Gasteiger charge is 2.28. The number of benzene rings is 2. The molecule has 3 heteroatoms. The molecule has 0 saturated carbocycles. The van der Waals surface area contributed by atoms with Gasteiger partial charge in [-0.1, -0.05) is 45.0 Å². The smallest absolute Gasteiger partial charge is 0.258 e. The van der Waals surface area contributed by atoms with Crippen molar-refractivity contribution in [3.05, 3.63) is 64.2 Å². The number of carbonyl (C=O) groups excluding carboxylic acids is 1. The SMILES string of the molecule is Cc1cccc(N2CCc3cc(C(C)(C)C)ccc3C2=O)c1CO. The number of anilines is 1. The van der Waals surface area contributed by atoms with Gasteiger partial charge in [0.25, 0.3) is 5.91 Å². The summed E-state index contributed by atoms with van der Waals surface area (Å²) in [4.78, 5) is 14.8. The van der Waals surface area contributed by atoms with Gasteiger partial charge in [0.1, 0.15) is 0 Å². The molecule has 1 aliphatic heterocycles. The number of aryl methyl sites for hydroxylation is 1. The number of hydrogen-bond acceptors (Lipinski definition) is 2. The Morgan fingerprint density at radius 2 is 1.92 bits per heavy atom. The van der Waals surface area contributed by atoms with E-state index in [0.717, 1.165) is 34.4 Å². The second-order valence-corrected chi connectivity index (χ2v) is 7.56. The number of fused-ring (bicyclic) bond motifs is 1. The fourth-order valence-corrected chi connectivity index (χ4v) is 3.33.